The number of nitrogens with zero attached hydrogens (tertiary/aromatic N) is 1. The van der Waals surface area contributed by atoms with Crippen molar-refractivity contribution in [2.24, 2.45) is 28.1 Å². The molecule has 1 saturated carbocycles. The Kier molecular flexibility index (Phi) is 11.9. The third-order valence-electron chi connectivity index (χ3n) is 8.77. The van der Waals surface area contributed by atoms with E-state index in [0.717, 1.165) is 0 Å². The lowest BCUT2D eigenvalue weighted by atomic mass is 9.85. The summed E-state index contributed by atoms with van der Waals surface area (Å²) in [6.45, 7) is 25.9. The molecule has 4 N–H and O–H groups in total. The van der Waals surface area contributed by atoms with Crippen LogP contribution in [0.4, 0.5) is 4.79 Å². The Morgan fingerprint density at radius 1 is 0.913 bits per heavy atom. The molecule has 1 saturated heterocycles. The Hall–Kier alpha value is -3.44. The van der Waals surface area contributed by atoms with Crippen molar-refractivity contribution in [3.8, 4) is 0 Å². The van der Waals surface area contributed by atoms with Gasteiger partial charge in [-0.25, -0.2) is 9.59 Å². The summed E-state index contributed by atoms with van der Waals surface area (Å²) in [5.74, 6) is -3.23. The van der Waals surface area contributed by atoms with Crippen LogP contribution in [0.3, 0.4) is 0 Å². The number of ether oxygens (including phenoxy) is 1. The van der Waals surface area contributed by atoms with E-state index < -0.39 is 76.1 Å². The summed E-state index contributed by atoms with van der Waals surface area (Å²) in [5, 5.41) is 10.7. The minimum Gasteiger partial charge on any atom is -0.458 e. The summed E-state index contributed by atoms with van der Waals surface area (Å²) in [6, 6.07) is -4.72. The molecule has 0 spiro atoms. The molecule has 46 heavy (non-hydrogen) atoms. The van der Waals surface area contributed by atoms with Gasteiger partial charge in [0.05, 0.1) is 6.04 Å². The first-order chi connectivity index (χ1) is 20.9. The van der Waals surface area contributed by atoms with Crippen molar-refractivity contribution in [2.75, 3.05) is 13.1 Å². The molecule has 0 aromatic carbocycles. The van der Waals surface area contributed by atoms with Gasteiger partial charge in [-0.2, -0.15) is 0 Å². The number of amides is 5. The number of urea groups is 1. The molecule has 1 aliphatic carbocycles. The predicted molar refractivity (Wildman–Crippen MR) is 175 cm³/mol. The van der Waals surface area contributed by atoms with Crippen molar-refractivity contribution in [2.45, 2.75) is 126 Å². The van der Waals surface area contributed by atoms with Crippen molar-refractivity contribution in [3.63, 3.8) is 0 Å². The van der Waals surface area contributed by atoms with Crippen LogP contribution in [-0.4, -0.2) is 83.3 Å². The maximum atomic E-state index is 14.3. The molecule has 2 fully saturated rings. The molecule has 2 aliphatic rings. The Bertz CT molecular complexity index is 1210. The Morgan fingerprint density at radius 2 is 1.46 bits per heavy atom. The van der Waals surface area contributed by atoms with Crippen molar-refractivity contribution < 1.29 is 33.5 Å². The average Bonchev–Trinajstić information content (AvgIpc) is 3.22. The number of esters is 1. The number of fused-ring (bicyclic) bond motifs is 1. The summed E-state index contributed by atoms with van der Waals surface area (Å²) in [4.78, 5) is 81.4. The van der Waals surface area contributed by atoms with Gasteiger partial charge in [0.2, 0.25) is 17.6 Å². The van der Waals surface area contributed by atoms with Crippen molar-refractivity contribution in [3.05, 3.63) is 12.7 Å². The fourth-order valence-corrected chi connectivity index (χ4v) is 6.15. The van der Waals surface area contributed by atoms with E-state index in [2.05, 4.69) is 27.8 Å². The van der Waals surface area contributed by atoms with Crippen LogP contribution in [0.5, 0.6) is 0 Å². The van der Waals surface area contributed by atoms with Crippen LogP contribution in [0.2, 0.25) is 0 Å². The summed E-state index contributed by atoms with van der Waals surface area (Å²) in [7, 11) is 0. The van der Waals surface area contributed by atoms with Gasteiger partial charge < -0.3 is 30.9 Å². The van der Waals surface area contributed by atoms with Crippen LogP contribution < -0.4 is 21.3 Å². The minimum atomic E-state index is -1.06. The molecular weight excluding hydrogens is 590 g/mol. The lowest BCUT2D eigenvalue weighted by Crippen LogP contribution is -2.63. The number of rotatable bonds is 12. The van der Waals surface area contributed by atoms with E-state index in [0.29, 0.717) is 13.0 Å². The van der Waals surface area contributed by atoms with Gasteiger partial charge in [-0.15, -0.1) is 6.58 Å². The van der Waals surface area contributed by atoms with E-state index >= 15 is 0 Å². The fourth-order valence-electron chi connectivity index (χ4n) is 6.15. The van der Waals surface area contributed by atoms with Crippen LogP contribution in [0.15, 0.2) is 12.7 Å². The molecule has 1 heterocycles. The molecule has 6 atom stereocenters. The highest BCUT2D eigenvalue weighted by Crippen LogP contribution is 2.65. The second-order valence-electron chi connectivity index (χ2n) is 16.4. The number of hydrogen-bond donors (Lipinski definition) is 4. The molecule has 1 aliphatic heterocycles. The number of Topliss-reactive ketones (excluding diaryl/α,β-unsaturated/α-hetero) is 1. The third-order valence-corrected chi connectivity index (χ3v) is 8.77. The van der Waals surface area contributed by atoms with E-state index in [4.69, 9.17) is 4.74 Å². The van der Waals surface area contributed by atoms with Crippen LogP contribution in [0.1, 0.15) is 95.9 Å². The van der Waals surface area contributed by atoms with E-state index in [1.54, 1.807) is 62.3 Å². The molecule has 5 amide bonds. The smallest absolute Gasteiger partial charge is 0.329 e. The topological polar surface area (TPSA) is 163 Å². The number of nitrogens with one attached hydrogen (secondary N) is 4. The summed E-state index contributed by atoms with van der Waals surface area (Å²) >= 11 is 0. The predicted octanol–water partition coefficient (Wildman–Crippen LogP) is 3.10. The summed E-state index contributed by atoms with van der Waals surface area (Å²) in [6.07, 6.45) is 2.25. The second kappa shape index (κ2) is 14.1. The zero-order valence-electron chi connectivity index (χ0n) is 29.9. The molecule has 1 unspecified atom stereocenters. The van der Waals surface area contributed by atoms with Gasteiger partial charge in [0.15, 0.2) is 0 Å². The molecule has 12 heteroatoms. The highest BCUT2D eigenvalue weighted by atomic mass is 16.6. The molecular formula is C34H57N5O7. The van der Waals surface area contributed by atoms with Crippen LogP contribution >= 0.6 is 0 Å². The zero-order valence-corrected chi connectivity index (χ0v) is 29.9. The Morgan fingerprint density at radius 3 is 1.93 bits per heavy atom. The minimum absolute atomic E-state index is 0.0512. The van der Waals surface area contributed by atoms with Crippen LogP contribution in [0.25, 0.3) is 0 Å². The number of ketones is 1. The first-order valence-electron chi connectivity index (χ1n) is 16.2. The molecule has 2 rings (SSSR count). The first-order valence-corrected chi connectivity index (χ1v) is 16.2. The van der Waals surface area contributed by atoms with E-state index in [9.17, 15) is 28.8 Å². The number of hydrogen-bond acceptors (Lipinski definition) is 7. The highest BCUT2D eigenvalue weighted by molar-refractivity contribution is 6.38. The normalized spacial score (nSPS) is 22.3. The van der Waals surface area contributed by atoms with Gasteiger partial charge in [-0.1, -0.05) is 74.8 Å². The van der Waals surface area contributed by atoms with E-state index in [1.165, 1.54) is 11.0 Å². The van der Waals surface area contributed by atoms with Gasteiger partial charge in [0.1, 0.15) is 23.7 Å². The highest BCUT2D eigenvalue weighted by Gasteiger charge is 2.70. The fraction of sp³-hybridized carbons (Fsp3) is 0.765. The molecule has 0 bridgehead atoms. The van der Waals surface area contributed by atoms with E-state index in [-0.39, 0.29) is 30.2 Å². The van der Waals surface area contributed by atoms with Crippen LogP contribution in [0, 0.1) is 28.1 Å². The van der Waals surface area contributed by atoms with Crippen molar-refractivity contribution in [1.29, 1.82) is 0 Å². The van der Waals surface area contributed by atoms with Gasteiger partial charge >= 0.3 is 12.0 Å². The van der Waals surface area contributed by atoms with Crippen molar-refractivity contribution >= 4 is 35.5 Å². The lowest BCUT2D eigenvalue weighted by molar-refractivity contribution is -0.160. The van der Waals surface area contributed by atoms with Gasteiger partial charge in [0.25, 0.3) is 5.91 Å². The quantitative estimate of drug-likeness (QED) is 0.144. The Labute approximate surface area is 274 Å². The molecule has 260 valence electrons. The number of carbonyl (C=O) groups is 6. The van der Waals surface area contributed by atoms with Crippen LogP contribution in [-0.2, 0) is 28.7 Å². The first kappa shape index (κ1) is 38.7. The Balaban J connectivity index is 2.34. The maximum Gasteiger partial charge on any atom is 0.329 e. The second-order valence-corrected chi connectivity index (χ2v) is 16.4. The number of likely N-dealkylation sites (tertiary alicyclic amines) is 1. The van der Waals surface area contributed by atoms with Gasteiger partial charge in [-0.05, 0) is 55.3 Å². The number of carbonyl (C=O) groups excluding carboxylic acids is 6. The number of piperidine rings is 1. The van der Waals surface area contributed by atoms with E-state index in [1.807, 2.05) is 20.8 Å². The molecule has 0 radical (unpaired) electrons. The lowest BCUT2D eigenvalue weighted by Gasteiger charge is -2.38. The average molecular weight is 648 g/mol. The van der Waals surface area contributed by atoms with Gasteiger partial charge in [0, 0.05) is 13.1 Å². The third kappa shape index (κ3) is 9.31. The van der Waals surface area contributed by atoms with Crippen molar-refractivity contribution in [1.82, 2.24) is 26.2 Å². The van der Waals surface area contributed by atoms with Gasteiger partial charge in [-0.3, -0.25) is 19.2 Å². The molecule has 12 nitrogen and oxygen atoms in total. The molecule has 0 aromatic heterocycles. The molecule has 0 aromatic rings. The largest absolute Gasteiger partial charge is 0.458 e. The monoisotopic (exact) mass is 647 g/mol. The maximum absolute atomic E-state index is 14.3. The SMILES string of the molecule is C=CCNC(=O)C(=O)C(CCC)NC(=O)[C@@H]1[C@@H]2[C@H](CN1C(=O)[C@@H](NC(=O)N[C@H](C(=O)OC(C)(C)C)C(C)(C)C)C(C)(C)C)C2(C)C. The standard InChI is InChI=1S/C34H57N5O7/c1-14-16-20(23(40)27(42)35-17-15-2)36-26(41)22-21-19(34(21,12)13)18-39(22)28(43)24(31(3,4)5)37-30(45)38-25(32(6,7)8)29(44)46-33(9,10)11/h15,19-22,24-25H,2,14,16-18H2,1,3-13H3,(H,35,42)(H,36,41)(H2,37,38,45)/t19-,20?,21-,22-,24+,25+/m0/s1. The summed E-state index contributed by atoms with van der Waals surface area (Å²) in [5.41, 5.74) is -2.44. The zero-order chi connectivity index (χ0) is 35.6. The summed E-state index contributed by atoms with van der Waals surface area (Å²) < 4.78 is 5.55.